The van der Waals surface area contributed by atoms with Crippen LogP contribution in [-0.4, -0.2) is 29.4 Å². The molecule has 1 amide bonds. The van der Waals surface area contributed by atoms with Crippen molar-refractivity contribution in [1.29, 1.82) is 5.26 Å². The molecule has 1 atom stereocenters. The lowest BCUT2D eigenvalue weighted by Crippen LogP contribution is -2.40. The van der Waals surface area contributed by atoms with Gasteiger partial charge in [0.15, 0.2) is 5.13 Å². The molecule has 1 aromatic rings. The first kappa shape index (κ1) is 17.9. The summed E-state index contributed by atoms with van der Waals surface area (Å²) < 4.78 is 4.87. The van der Waals surface area contributed by atoms with Gasteiger partial charge in [-0.3, -0.25) is 9.59 Å². The van der Waals surface area contributed by atoms with Crippen LogP contribution >= 0.6 is 11.3 Å². The first-order valence-corrected chi connectivity index (χ1v) is 7.79. The number of hydrogen-bond acceptors (Lipinski definition) is 7. The van der Waals surface area contributed by atoms with E-state index in [1.54, 1.807) is 5.38 Å². The van der Waals surface area contributed by atoms with Crippen LogP contribution in [0.3, 0.4) is 0 Å². The second kappa shape index (κ2) is 9.00. The molecule has 1 aromatic heterocycles. The fourth-order valence-electron chi connectivity index (χ4n) is 1.72. The van der Waals surface area contributed by atoms with Crippen LogP contribution in [0.5, 0.6) is 0 Å². The zero-order valence-corrected chi connectivity index (χ0v) is 13.7. The van der Waals surface area contributed by atoms with Crippen molar-refractivity contribution in [2.24, 2.45) is 5.92 Å². The summed E-state index contributed by atoms with van der Waals surface area (Å²) in [5, 5.41) is 16.5. The Morgan fingerprint density at radius 2 is 2.23 bits per heavy atom. The van der Waals surface area contributed by atoms with Crippen molar-refractivity contribution in [3.8, 4) is 6.07 Å². The highest BCUT2D eigenvalue weighted by Gasteiger charge is 2.20. The predicted octanol–water partition coefficient (Wildman–Crippen LogP) is 1.67. The Morgan fingerprint density at radius 1 is 1.50 bits per heavy atom. The zero-order chi connectivity index (χ0) is 16.5. The quantitative estimate of drug-likeness (QED) is 0.557. The molecule has 0 saturated heterocycles. The molecule has 0 aliphatic rings. The Bertz CT molecular complexity index is 551. The van der Waals surface area contributed by atoms with E-state index < -0.39 is 6.04 Å². The third-order valence-corrected chi connectivity index (χ3v) is 3.46. The number of nitriles is 1. The molecule has 0 unspecified atom stereocenters. The molecule has 0 fully saturated rings. The first-order chi connectivity index (χ1) is 10.4. The van der Waals surface area contributed by atoms with E-state index in [2.05, 4.69) is 15.6 Å². The van der Waals surface area contributed by atoms with Gasteiger partial charge in [-0.25, -0.2) is 4.98 Å². The van der Waals surface area contributed by atoms with Crippen molar-refractivity contribution in [3.63, 3.8) is 0 Å². The lowest BCUT2D eigenvalue weighted by Gasteiger charge is -2.18. The largest absolute Gasteiger partial charge is 0.459 e. The number of amides is 1. The molecule has 120 valence electrons. The van der Waals surface area contributed by atoms with Gasteiger partial charge in [0.05, 0.1) is 11.8 Å². The number of nitrogens with zero attached hydrogens (tertiary/aromatic N) is 2. The number of thiazole rings is 1. The molecule has 22 heavy (non-hydrogen) atoms. The molecule has 1 rings (SSSR count). The molecule has 0 aliphatic heterocycles. The van der Waals surface area contributed by atoms with E-state index in [1.807, 2.05) is 19.9 Å². The summed E-state index contributed by atoms with van der Waals surface area (Å²) in [6, 6.07) is 1.42. The van der Waals surface area contributed by atoms with Gasteiger partial charge in [0.1, 0.15) is 19.2 Å². The van der Waals surface area contributed by atoms with E-state index in [9.17, 15) is 9.59 Å². The number of anilines is 1. The lowest BCUT2D eigenvalue weighted by molar-refractivity contribution is -0.142. The highest BCUT2D eigenvalue weighted by Crippen LogP contribution is 2.19. The Kier molecular flexibility index (Phi) is 7.32. The smallest absolute Gasteiger partial charge is 0.303 e. The molecular formula is C14H20N4O3S. The minimum absolute atomic E-state index is 0.0231. The van der Waals surface area contributed by atoms with Gasteiger partial charge in [-0.15, -0.1) is 11.3 Å². The molecule has 0 saturated carbocycles. The standard InChI is InChI=1S/C14H20N4O3S/c1-9(2)6-12(13(20)16-5-4-15)18-14-17-11(8-22-14)7-21-10(3)19/h8-9,12H,5-7H2,1-3H3,(H,16,20)(H,17,18)/t12-/m0/s1. The van der Waals surface area contributed by atoms with Crippen molar-refractivity contribution in [1.82, 2.24) is 10.3 Å². The van der Waals surface area contributed by atoms with Crippen molar-refractivity contribution in [2.75, 3.05) is 11.9 Å². The Labute approximate surface area is 133 Å². The summed E-state index contributed by atoms with van der Waals surface area (Å²) in [5.74, 6) is -0.283. The van der Waals surface area contributed by atoms with E-state index in [1.165, 1.54) is 18.3 Å². The van der Waals surface area contributed by atoms with Gasteiger partial charge >= 0.3 is 5.97 Å². The highest BCUT2D eigenvalue weighted by atomic mass is 32.1. The summed E-state index contributed by atoms with van der Waals surface area (Å²) in [7, 11) is 0. The van der Waals surface area contributed by atoms with Gasteiger partial charge in [0, 0.05) is 12.3 Å². The number of ether oxygens (including phenoxy) is 1. The van der Waals surface area contributed by atoms with Gasteiger partial charge in [-0.1, -0.05) is 13.8 Å². The van der Waals surface area contributed by atoms with Gasteiger partial charge in [-0.05, 0) is 12.3 Å². The summed E-state index contributed by atoms with van der Waals surface area (Å²) in [4.78, 5) is 27.1. The van der Waals surface area contributed by atoms with Crippen molar-refractivity contribution in [3.05, 3.63) is 11.1 Å². The third-order valence-electron chi connectivity index (χ3n) is 2.64. The Morgan fingerprint density at radius 3 is 2.82 bits per heavy atom. The maximum Gasteiger partial charge on any atom is 0.303 e. The van der Waals surface area contributed by atoms with Gasteiger partial charge in [-0.2, -0.15) is 5.26 Å². The summed E-state index contributed by atoms with van der Waals surface area (Å²) in [6.07, 6.45) is 0.621. The topological polar surface area (TPSA) is 104 Å². The van der Waals surface area contributed by atoms with Crippen LogP contribution in [0, 0.1) is 17.2 Å². The fraction of sp³-hybridized carbons (Fsp3) is 0.571. The summed E-state index contributed by atoms with van der Waals surface area (Å²) >= 11 is 1.34. The Hall–Kier alpha value is -2.14. The number of aromatic nitrogens is 1. The van der Waals surface area contributed by atoms with E-state index >= 15 is 0 Å². The van der Waals surface area contributed by atoms with E-state index in [0.29, 0.717) is 23.2 Å². The average Bonchev–Trinajstić information content (AvgIpc) is 2.89. The molecule has 0 radical (unpaired) electrons. The predicted molar refractivity (Wildman–Crippen MR) is 83.1 cm³/mol. The molecule has 0 aromatic carbocycles. The number of nitrogens with one attached hydrogen (secondary N) is 2. The minimum atomic E-state index is -0.457. The maximum absolute atomic E-state index is 12.0. The summed E-state index contributed by atoms with van der Waals surface area (Å²) in [6.45, 7) is 5.46. The zero-order valence-electron chi connectivity index (χ0n) is 12.9. The van der Waals surface area contributed by atoms with Gasteiger partial charge in [0.25, 0.3) is 0 Å². The van der Waals surface area contributed by atoms with E-state index in [0.717, 1.165) is 0 Å². The second-order valence-electron chi connectivity index (χ2n) is 5.13. The number of carbonyl (C=O) groups excluding carboxylic acids is 2. The van der Waals surface area contributed by atoms with Crippen LogP contribution < -0.4 is 10.6 Å². The monoisotopic (exact) mass is 324 g/mol. The van der Waals surface area contributed by atoms with Crippen LogP contribution in [0.25, 0.3) is 0 Å². The number of carbonyl (C=O) groups is 2. The average molecular weight is 324 g/mol. The number of hydrogen-bond donors (Lipinski definition) is 2. The lowest BCUT2D eigenvalue weighted by atomic mass is 10.0. The minimum Gasteiger partial charge on any atom is -0.459 e. The van der Waals surface area contributed by atoms with Gasteiger partial charge < -0.3 is 15.4 Å². The van der Waals surface area contributed by atoms with Crippen LogP contribution in [0.4, 0.5) is 5.13 Å². The maximum atomic E-state index is 12.0. The number of esters is 1. The molecule has 1 heterocycles. The highest BCUT2D eigenvalue weighted by molar-refractivity contribution is 7.13. The molecule has 8 heteroatoms. The molecule has 7 nitrogen and oxygen atoms in total. The van der Waals surface area contributed by atoms with Crippen molar-refractivity contribution >= 4 is 28.3 Å². The van der Waals surface area contributed by atoms with Crippen molar-refractivity contribution in [2.45, 2.75) is 39.8 Å². The van der Waals surface area contributed by atoms with E-state index in [4.69, 9.17) is 10.00 Å². The Balaban J connectivity index is 2.66. The normalized spacial score (nSPS) is 11.6. The number of rotatable bonds is 8. The summed E-state index contributed by atoms with van der Waals surface area (Å²) in [5.41, 5.74) is 0.628. The second-order valence-corrected chi connectivity index (χ2v) is 5.98. The molecule has 0 aliphatic carbocycles. The molecular weight excluding hydrogens is 304 g/mol. The molecule has 0 spiro atoms. The van der Waals surface area contributed by atoms with Crippen LogP contribution in [-0.2, 0) is 20.9 Å². The molecule has 0 bridgehead atoms. The third kappa shape index (κ3) is 6.54. The fourth-order valence-corrected chi connectivity index (χ4v) is 2.47. The first-order valence-electron chi connectivity index (χ1n) is 6.91. The SMILES string of the molecule is CC(=O)OCc1csc(N[C@@H](CC(C)C)C(=O)NCC#N)n1. The van der Waals surface area contributed by atoms with E-state index in [-0.39, 0.29) is 25.0 Å². The van der Waals surface area contributed by atoms with Crippen LogP contribution in [0.2, 0.25) is 0 Å². The van der Waals surface area contributed by atoms with Crippen LogP contribution in [0.15, 0.2) is 5.38 Å². The van der Waals surface area contributed by atoms with Crippen molar-refractivity contribution < 1.29 is 14.3 Å². The van der Waals surface area contributed by atoms with Crippen LogP contribution in [0.1, 0.15) is 32.9 Å². The molecule has 2 N–H and O–H groups in total. The van der Waals surface area contributed by atoms with Gasteiger partial charge in [0.2, 0.25) is 5.91 Å².